The van der Waals surface area contributed by atoms with Crippen LogP contribution < -0.4 is 4.74 Å². The zero-order chi connectivity index (χ0) is 19.9. The number of carbonyl (C=O) groups is 2. The van der Waals surface area contributed by atoms with Gasteiger partial charge in [-0.05, 0) is 24.3 Å². The third-order valence-electron chi connectivity index (χ3n) is 5.42. The molecular weight excluding hydrogens is 371 g/mol. The second-order valence-corrected chi connectivity index (χ2v) is 7.22. The third kappa shape index (κ3) is 3.25. The fourth-order valence-corrected chi connectivity index (χ4v) is 3.93. The van der Waals surface area contributed by atoms with E-state index in [-0.39, 0.29) is 30.9 Å². The summed E-state index contributed by atoms with van der Waals surface area (Å²) in [7, 11) is 0. The van der Waals surface area contributed by atoms with Crippen molar-refractivity contribution in [2.24, 2.45) is 0 Å². The van der Waals surface area contributed by atoms with Crippen LogP contribution in [0.25, 0.3) is 0 Å². The summed E-state index contributed by atoms with van der Waals surface area (Å²) < 4.78 is 45.8. The van der Waals surface area contributed by atoms with Gasteiger partial charge in [-0.15, -0.1) is 0 Å². The molecule has 0 unspecified atom stereocenters. The predicted molar refractivity (Wildman–Crippen MR) is 95.3 cm³/mol. The van der Waals surface area contributed by atoms with Gasteiger partial charge in [-0.1, -0.05) is 24.3 Å². The Balaban J connectivity index is 1.51. The van der Waals surface area contributed by atoms with E-state index in [2.05, 4.69) is 0 Å². The Morgan fingerprint density at radius 2 is 1.64 bits per heavy atom. The number of hydrogen-bond acceptors (Lipinski definition) is 3. The number of amides is 1. The van der Waals surface area contributed by atoms with Gasteiger partial charge in [-0.25, -0.2) is 0 Å². The number of likely N-dealkylation sites (tertiary alicyclic amines) is 1. The van der Waals surface area contributed by atoms with Crippen LogP contribution in [-0.4, -0.2) is 35.3 Å². The van der Waals surface area contributed by atoms with Gasteiger partial charge in [0.25, 0.3) is 5.91 Å². The number of alkyl halides is 3. The number of piperidine rings is 1. The molecule has 0 bridgehead atoms. The van der Waals surface area contributed by atoms with Crippen LogP contribution in [0.3, 0.4) is 0 Å². The van der Waals surface area contributed by atoms with Crippen molar-refractivity contribution in [2.75, 3.05) is 13.1 Å². The van der Waals surface area contributed by atoms with Gasteiger partial charge >= 0.3 is 6.18 Å². The molecule has 7 heteroatoms. The molecule has 2 aromatic carbocycles. The van der Waals surface area contributed by atoms with Gasteiger partial charge in [-0.3, -0.25) is 9.59 Å². The van der Waals surface area contributed by atoms with E-state index >= 15 is 0 Å². The molecule has 1 spiro atoms. The van der Waals surface area contributed by atoms with Gasteiger partial charge in [-0.2, -0.15) is 13.2 Å². The molecule has 2 aliphatic rings. The van der Waals surface area contributed by atoms with Crippen LogP contribution >= 0.6 is 0 Å². The molecule has 2 heterocycles. The molecule has 4 nitrogen and oxygen atoms in total. The second-order valence-electron chi connectivity index (χ2n) is 7.22. The van der Waals surface area contributed by atoms with Crippen molar-refractivity contribution in [1.29, 1.82) is 0 Å². The van der Waals surface area contributed by atoms with Crippen LogP contribution in [0.5, 0.6) is 5.75 Å². The maximum absolute atomic E-state index is 13.2. The average Bonchev–Trinajstić information content (AvgIpc) is 2.67. The fourth-order valence-electron chi connectivity index (χ4n) is 3.93. The maximum atomic E-state index is 13.2. The molecule has 4 rings (SSSR count). The summed E-state index contributed by atoms with van der Waals surface area (Å²) in [5.41, 5.74) is -1.44. The molecule has 0 radical (unpaired) electrons. The molecule has 0 aliphatic carbocycles. The monoisotopic (exact) mass is 389 g/mol. The van der Waals surface area contributed by atoms with E-state index in [0.717, 1.165) is 6.07 Å². The lowest BCUT2D eigenvalue weighted by atomic mass is 9.82. The lowest BCUT2D eigenvalue weighted by Gasteiger charge is -2.44. The summed E-state index contributed by atoms with van der Waals surface area (Å²) in [5.74, 6) is -0.129. The summed E-state index contributed by atoms with van der Waals surface area (Å²) in [6.07, 6.45) is -3.59. The number of Topliss-reactive ketones (excluding diaryl/α,β-unsaturated/α-hetero) is 1. The lowest BCUT2D eigenvalue weighted by molar-refractivity contribution is -0.138. The second kappa shape index (κ2) is 6.65. The zero-order valence-corrected chi connectivity index (χ0v) is 15.0. The van der Waals surface area contributed by atoms with E-state index in [4.69, 9.17) is 4.74 Å². The van der Waals surface area contributed by atoms with E-state index < -0.39 is 23.2 Å². The smallest absolute Gasteiger partial charge is 0.417 e. The Labute approximate surface area is 159 Å². The van der Waals surface area contributed by atoms with Crippen molar-refractivity contribution in [3.8, 4) is 5.75 Å². The number of rotatable bonds is 1. The minimum Gasteiger partial charge on any atom is -0.486 e. The molecule has 0 N–H and O–H groups in total. The molecule has 0 aromatic heterocycles. The molecular formula is C21H18F3NO3. The normalized spacial score (nSPS) is 18.5. The first kappa shape index (κ1) is 18.5. The van der Waals surface area contributed by atoms with Gasteiger partial charge in [0.1, 0.15) is 11.4 Å². The van der Waals surface area contributed by atoms with Gasteiger partial charge in [0.2, 0.25) is 0 Å². The quantitative estimate of drug-likeness (QED) is 0.729. The highest BCUT2D eigenvalue weighted by molar-refractivity contribution is 6.00. The zero-order valence-electron chi connectivity index (χ0n) is 15.0. The number of carbonyl (C=O) groups excluding carboxylic acids is 2. The van der Waals surface area contributed by atoms with Gasteiger partial charge < -0.3 is 9.64 Å². The minimum absolute atomic E-state index is 0.0101. The molecule has 0 saturated carbocycles. The number of ether oxygens (including phenoxy) is 1. The summed E-state index contributed by atoms with van der Waals surface area (Å²) >= 11 is 0. The molecule has 28 heavy (non-hydrogen) atoms. The number of nitrogens with zero attached hydrogens (tertiary/aromatic N) is 1. The highest BCUT2D eigenvalue weighted by atomic mass is 19.4. The van der Waals surface area contributed by atoms with Crippen molar-refractivity contribution < 1.29 is 27.5 Å². The molecule has 1 amide bonds. The molecule has 2 aliphatic heterocycles. The summed E-state index contributed by atoms with van der Waals surface area (Å²) in [4.78, 5) is 26.6. The van der Waals surface area contributed by atoms with Gasteiger partial charge in [0.05, 0.1) is 23.1 Å². The number of para-hydroxylation sites is 1. The van der Waals surface area contributed by atoms with E-state index in [1.807, 2.05) is 0 Å². The SMILES string of the molecule is O=C1CC2(CCN(C(=O)c3ccccc3C(F)(F)F)CC2)Oc2ccccc21. The van der Waals surface area contributed by atoms with E-state index in [1.54, 1.807) is 24.3 Å². The van der Waals surface area contributed by atoms with Crippen molar-refractivity contribution in [2.45, 2.75) is 31.0 Å². The standard InChI is InChI=1S/C21H18F3NO3/c22-21(23,24)16-7-3-1-5-14(16)19(27)25-11-9-20(10-12-25)13-17(26)15-6-2-4-8-18(15)28-20/h1-8H,9-13H2. The Hall–Kier alpha value is -2.83. The van der Waals surface area contributed by atoms with E-state index in [1.165, 1.54) is 23.1 Å². The summed E-state index contributed by atoms with van der Waals surface area (Å²) in [6, 6.07) is 11.8. The number of halogens is 3. The Morgan fingerprint density at radius 3 is 2.36 bits per heavy atom. The Morgan fingerprint density at radius 1 is 1.00 bits per heavy atom. The molecule has 146 valence electrons. The Bertz CT molecular complexity index is 930. The molecule has 1 saturated heterocycles. The van der Waals surface area contributed by atoms with Crippen molar-refractivity contribution in [3.05, 3.63) is 65.2 Å². The van der Waals surface area contributed by atoms with Crippen LogP contribution in [0.1, 0.15) is 45.5 Å². The highest BCUT2D eigenvalue weighted by Gasteiger charge is 2.44. The van der Waals surface area contributed by atoms with Crippen molar-refractivity contribution in [3.63, 3.8) is 0 Å². The first-order chi connectivity index (χ1) is 13.3. The summed E-state index contributed by atoms with van der Waals surface area (Å²) in [6.45, 7) is 0.473. The highest BCUT2D eigenvalue weighted by Crippen LogP contribution is 2.40. The fraction of sp³-hybridized carbons (Fsp3) is 0.333. The summed E-state index contributed by atoms with van der Waals surface area (Å²) in [5, 5.41) is 0. The van der Waals surface area contributed by atoms with E-state index in [9.17, 15) is 22.8 Å². The van der Waals surface area contributed by atoms with Crippen LogP contribution in [-0.2, 0) is 6.18 Å². The van der Waals surface area contributed by atoms with Crippen molar-refractivity contribution in [1.82, 2.24) is 4.90 Å². The number of benzene rings is 2. The van der Waals surface area contributed by atoms with Gasteiger partial charge in [0, 0.05) is 25.9 Å². The Kier molecular flexibility index (Phi) is 4.40. The topological polar surface area (TPSA) is 46.6 Å². The van der Waals surface area contributed by atoms with Crippen LogP contribution in [0, 0.1) is 0 Å². The lowest BCUT2D eigenvalue weighted by Crippen LogP contribution is -2.52. The number of ketones is 1. The molecule has 0 atom stereocenters. The average molecular weight is 389 g/mol. The molecule has 2 aromatic rings. The third-order valence-corrected chi connectivity index (χ3v) is 5.42. The predicted octanol–water partition coefficient (Wildman–Crippen LogP) is 4.35. The largest absolute Gasteiger partial charge is 0.486 e. The van der Waals surface area contributed by atoms with Crippen molar-refractivity contribution >= 4 is 11.7 Å². The minimum atomic E-state index is -4.59. The number of fused-ring (bicyclic) bond motifs is 1. The van der Waals surface area contributed by atoms with Crippen LogP contribution in [0.4, 0.5) is 13.2 Å². The number of hydrogen-bond donors (Lipinski definition) is 0. The van der Waals surface area contributed by atoms with Crippen LogP contribution in [0.15, 0.2) is 48.5 Å². The molecule has 1 fully saturated rings. The van der Waals surface area contributed by atoms with Crippen LogP contribution in [0.2, 0.25) is 0 Å². The van der Waals surface area contributed by atoms with E-state index in [0.29, 0.717) is 24.2 Å². The first-order valence-corrected chi connectivity index (χ1v) is 9.06. The van der Waals surface area contributed by atoms with Gasteiger partial charge in [0.15, 0.2) is 5.78 Å². The first-order valence-electron chi connectivity index (χ1n) is 9.06. The maximum Gasteiger partial charge on any atom is 0.417 e.